The first-order chi connectivity index (χ1) is 9.19. The highest BCUT2D eigenvalue weighted by molar-refractivity contribution is 6.06. The average Bonchev–Trinajstić information content (AvgIpc) is 2.40. The van der Waals surface area contributed by atoms with Crippen molar-refractivity contribution < 1.29 is 14.3 Å². The second kappa shape index (κ2) is 8.29. The second-order valence-electron chi connectivity index (χ2n) is 4.26. The van der Waals surface area contributed by atoms with Crippen LogP contribution >= 0.6 is 0 Å². The lowest BCUT2D eigenvalue weighted by atomic mass is 10.1. The van der Waals surface area contributed by atoms with Crippen molar-refractivity contribution in [3.05, 3.63) is 29.8 Å². The van der Waals surface area contributed by atoms with Gasteiger partial charge in [-0.2, -0.15) is 0 Å². The van der Waals surface area contributed by atoms with Crippen LogP contribution in [0.1, 0.15) is 49.9 Å². The Bertz CT molecular complexity index is 429. The van der Waals surface area contributed by atoms with E-state index in [1.54, 1.807) is 24.3 Å². The maximum atomic E-state index is 12.0. The van der Waals surface area contributed by atoms with Gasteiger partial charge in [0.15, 0.2) is 0 Å². The molecule has 1 aromatic carbocycles. The molecule has 0 saturated carbocycles. The summed E-state index contributed by atoms with van der Waals surface area (Å²) in [5.41, 5.74) is 0.396. The fourth-order valence-electron chi connectivity index (χ4n) is 1.73. The van der Waals surface area contributed by atoms with Crippen LogP contribution in [0.4, 0.5) is 0 Å². The van der Waals surface area contributed by atoms with E-state index in [9.17, 15) is 9.59 Å². The minimum Gasteiger partial charge on any atom is -0.493 e. The van der Waals surface area contributed by atoms with Crippen molar-refractivity contribution in [1.82, 2.24) is 5.32 Å². The molecule has 0 spiro atoms. The summed E-state index contributed by atoms with van der Waals surface area (Å²) in [6.45, 7) is 4.40. The molecule has 0 atom stereocenters. The van der Waals surface area contributed by atoms with Crippen LogP contribution in [0.25, 0.3) is 0 Å². The Morgan fingerprint density at radius 3 is 2.58 bits per heavy atom. The first-order valence-electron chi connectivity index (χ1n) is 6.75. The summed E-state index contributed by atoms with van der Waals surface area (Å²) < 4.78 is 5.37. The van der Waals surface area contributed by atoms with Crippen molar-refractivity contribution in [2.45, 2.75) is 39.5 Å². The van der Waals surface area contributed by atoms with Gasteiger partial charge in [-0.3, -0.25) is 14.9 Å². The molecule has 0 bridgehead atoms. The molecule has 0 radical (unpaired) electrons. The molecule has 4 heteroatoms. The van der Waals surface area contributed by atoms with Crippen LogP contribution in [0.3, 0.4) is 0 Å². The van der Waals surface area contributed by atoms with Crippen molar-refractivity contribution in [3.63, 3.8) is 0 Å². The lowest BCUT2D eigenvalue weighted by Crippen LogP contribution is -2.30. The Labute approximate surface area is 114 Å². The zero-order valence-corrected chi connectivity index (χ0v) is 11.6. The maximum Gasteiger partial charge on any atom is 0.261 e. The summed E-state index contributed by atoms with van der Waals surface area (Å²) in [5.74, 6) is -0.126. The van der Waals surface area contributed by atoms with Gasteiger partial charge in [0.1, 0.15) is 5.75 Å². The molecule has 0 unspecified atom stereocenters. The van der Waals surface area contributed by atoms with E-state index < -0.39 is 5.91 Å². The molecular weight excluding hydrogens is 242 g/mol. The van der Waals surface area contributed by atoms with Gasteiger partial charge in [-0.15, -0.1) is 0 Å². The van der Waals surface area contributed by atoms with Crippen molar-refractivity contribution in [2.75, 3.05) is 6.61 Å². The van der Waals surface area contributed by atoms with Crippen LogP contribution in [0, 0.1) is 0 Å². The molecule has 0 aliphatic rings. The van der Waals surface area contributed by atoms with Crippen LogP contribution in [-0.2, 0) is 4.79 Å². The molecule has 104 valence electrons. The largest absolute Gasteiger partial charge is 0.493 e. The fourth-order valence-corrected chi connectivity index (χ4v) is 1.73. The third-order valence-electron chi connectivity index (χ3n) is 2.69. The number of unbranched alkanes of at least 4 members (excludes halogenated alkanes) is 2. The number of nitrogens with one attached hydrogen (secondary N) is 1. The van der Waals surface area contributed by atoms with E-state index in [4.69, 9.17) is 4.74 Å². The van der Waals surface area contributed by atoms with Crippen LogP contribution in [-0.4, -0.2) is 18.4 Å². The van der Waals surface area contributed by atoms with E-state index in [1.165, 1.54) is 0 Å². The molecule has 0 heterocycles. The molecule has 0 aliphatic carbocycles. The first kappa shape index (κ1) is 15.2. The number of carbonyl (C=O) groups excluding carboxylic acids is 2. The number of ether oxygens (including phenoxy) is 1. The van der Waals surface area contributed by atoms with Gasteiger partial charge in [-0.05, 0) is 25.5 Å². The summed E-state index contributed by atoms with van der Waals surface area (Å²) in [7, 11) is 0. The molecule has 19 heavy (non-hydrogen) atoms. The highest BCUT2D eigenvalue weighted by Gasteiger charge is 2.14. The smallest absolute Gasteiger partial charge is 0.261 e. The highest BCUT2D eigenvalue weighted by atomic mass is 16.5. The number of hydrogen-bond donors (Lipinski definition) is 1. The van der Waals surface area contributed by atoms with Gasteiger partial charge in [-0.1, -0.05) is 31.9 Å². The number of benzene rings is 1. The van der Waals surface area contributed by atoms with Gasteiger partial charge in [0, 0.05) is 6.42 Å². The van der Waals surface area contributed by atoms with Crippen molar-refractivity contribution in [2.24, 2.45) is 0 Å². The third kappa shape index (κ3) is 5.12. The van der Waals surface area contributed by atoms with E-state index in [0.717, 1.165) is 19.3 Å². The molecule has 0 aromatic heterocycles. The molecule has 0 fully saturated rings. The SMILES string of the molecule is CCCCCC(=O)NC(=O)c1ccccc1OCC. The zero-order chi connectivity index (χ0) is 14.1. The lowest BCUT2D eigenvalue weighted by Gasteiger charge is -2.09. The van der Waals surface area contributed by atoms with Crippen molar-refractivity contribution in [3.8, 4) is 5.75 Å². The Morgan fingerprint density at radius 1 is 1.16 bits per heavy atom. The van der Waals surface area contributed by atoms with E-state index in [-0.39, 0.29) is 5.91 Å². The van der Waals surface area contributed by atoms with Gasteiger partial charge < -0.3 is 4.74 Å². The third-order valence-corrected chi connectivity index (χ3v) is 2.69. The van der Waals surface area contributed by atoms with Crippen LogP contribution in [0.15, 0.2) is 24.3 Å². The Kier molecular flexibility index (Phi) is 6.64. The van der Waals surface area contributed by atoms with Gasteiger partial charge in [0.25, 0.3) is 5.91 Å². The van der Waals surface area contributed by atoms with E-state index in [1.807, 2.05) is 6.92 Å². The van der Waals surface area contributed by atoms with Crippen LogP contribution in [0.2, 0.25) is 0 Å². The molecule has 4 nitrogen and oxygen atoms in total. The summed E-state index contributed by atoms with van der Waals surface area (Å²) in [5, 5.41) is 2.40. The zero-order valence-electron chi connectivity index (χ0n) is 11.6. The molecule has 2 amide bonds. The monoisotopic (exact) mass is 263 g/mol. The standard InChI is InChI=1S/C15H21NO3/c1-3-5-6-11-14(17)16-15(18)12-9-7-8-10-13(12)19-4-2/h7-10H,3-6,11H2,1-2H3,(H,16,17,18). The predicted octanol–water partition coefficient (Wildman–Crippen LogP) is 2.92. The number of rotatable bonds is 7. The number of carbonyl (C=O) groups is 2. The molecule has 0 aliphatic heterocycles. The van der Waals surface area contributed by atoms with Crippen LogP contribution in [0.5, 0.6) is 5.75 Å². The normalized spacial score (nSPS) is 10.0. The van der Waals surface area contributed by atoms with Gasteiger partial charge in [-0.25, -0.2) is 0 Å². The van der Waals surface area contributed by atoms with Crippen LogP contribution < -0.4 is 10.1 Å². The summed E-state index contributed by atoms with van der Waals surface area (Å²) >= 11 is 0. The Morgan fingerprint density at radius 2 is 1.89 bits per heavy atom. The second-order valence-corrected chi connectivity index (χ2v) is 4.26. The minimum atomic E-state index is -0.398. The number of imide groups is 1. The minimum absolute atomic E-state index is 0.232. The quantitative estimate of drug-likeness (QED) is 0.769. The van der Waals surface area contributed by atoms with Crippen molar-refractivity contribution >= 4 is 11.8 Å². The summed E-state index contributed by atoms with van der Waals surface area (Å²) in [6.07, 6.45) is 3.24. The Hall–Kier alpha value is -1.84. The summed E-state index contributed by atoms with van der Waals surface area (Å²) in [6, 6.07) is 6.92. The predicted molar refractivity (Wildman–Crippen MR) is 74.2 cm³/mol. The lowest BCUT2D eigenvalue weighted by molar-refractivity contribution is -0.120. The molecule has 1 N–H and O–H groups in total. The molecule has 1 aromatic rings. The number of para-hydroxylation sites is 1. The number of hydrogen-bond acceptors (Lipinski definition) is 3. The van der Waals surface area contributed by atoms with Crippen molar-refractivity contribution in [1.29, 1.82) is 0 Å². The average molecular weight is 263 g/mol. The summed E-state index contributed by atoms with van der Waals surface area (Å²) in [4.78, 5) is 23.6. The highest BCUT2D eigenvalue weighted by Crippen LogP contribution is 2.17. The van der Waals surface area contributed by atoms with Gasteiger partial charge in [0.05, 0.1) is 12.2 Å². The van der Waals surface area contributed by atoms with E-state index in [2.05, 4.69) is 12.2 Å². The fraction of sp³-hybridized carbons (Fsp3) is 0.467. The molecular formula is C15H21NO3. The number of amides is 2. The topological polar surface area (TPSA) is 55.4 Å². The maximum absolute atomic E-state index is 12.0. The van der Waals surface area contributed by atoms with Gasteiger partial charge in [0.2, 0.25) is 5.91 Å². The van der Waals surface area contributed by atoms with Gasteiger partial charge >= 0.3 is 0 Å². The molecule has 0 saturated heterocycles. The molecule has 1 rings (SSSR count). The van der Waals surface area contributed by atoms with E-state index >= 15 is 0 Å². The Balaban J connectivity index is 2.60. The van der Waals surface area contributed by atoms with E-state index in [0.29, 0.717) is 24.3 Å². The first-order valence-corrected chi connectivity index (χ1v) is 6.75.